The highest BCUT2D eigenvalue weighted by Crippen LogP contribution is 2.26. The third-order valence-electron chi connectivity index (χ3n) is 2.87. The van der Waals surface area contributed by atoms with Gasteiger partial charge in [0.15, 0.2) is 0 Å². The second-order valence-electron chi connectivity index (χ2n) is 4.19. The van der Waals surface area contributed by atoms with E-state index in [0.717, 1.165) is 18.6 Å². The van der Waals surface area contributed by atoms with Crippen LogP contribution in [0.15, 0.2) is 0 Å². The number of hydrogen-bond acceptors (Lipinski definition) is 2. The third kappa shape index (κ3) is 4.92. The first-order valence-corrected chi connectivity index (χ1v) is 6.34. The van der Waals surface area contributed by atoms with Crippen molar-refractivity contribution in [1.82, 2.24) is 0 Å². The van der Waals surface area contributed by atoms with Crippen molar-refractivity contribution in [2.75, 3.05) is 5.75 Å². The molecule has 2 heteroatoms. The van der Waals surface area contributed by atoms with Gasteiger partial charge in [0, 0.05) is 11.0 Å². The Hall–Kier alpha value is 0.310. The molecule has 0 rings (SSSR count). The summed E-state index contributed by atoms with van der Waals surface area (Å²) in [6, 6.07) is 0. The second kappa shape index (κ2) is 5.92. The molecule has 0 aromatic rings. The van der Waals surface area contributed by atoms with Crippen molar-refractivity contribution in [3.05, 3.63) is 0 Å². The van der Waals surface area contributed by atoms with Crippen molar-refractivity contribution in [3.63, 3.8) is 0 Å². The minimum absolute atomic E-state index is 0.437. The number of thioether (sulfide) groups is 1. The molecule has 0 saturated carbocycles. The monoisotopic (exact) mass is 204 g/mol. The Morgan fingerprint density at radius 1 is 1.15 bits per heavy atom. The number of rotatable bonds is 6. The minimum atomic E-state index is -0.437. The van der Waals surface area contributed by atoms with E-state index in [9.17, 15) is 5.11 Å². The fraction of sp³-hybridized carbons (Fsp3) is 1.00. The predicted octanol–water partition coefficient (Wildman–Crippen LogP) is 3.32. The van der Waals surface area contributed by atoms with Gasteiger partial charge in [-0.25, -0.2) is 0 Å². The maximum absolute atomic E-state index is 10.0. The molecule has 1 nitrogen and oxygen atoms in total. The predicted molar refractivity (Wildman–Crippen MR) is 62.3 cm³/mol. The van der Waals surface area contributed by atoms with Gasteiger partial charge in [-0.3, -0.25) is 0 Å². The maximum atomic E-state index is 10.0. The van der Waals surface area contributed by atoms with E-state index in [1.54, 1.807) is 0 Å². The highest BCUT2D eigenvalue weighted by molar-refractivity contribution is 7.99. The summed E-state index contributed by atoms with van der Waals surface area (Å²) in [7, 11) is 0. The van der Waals surface area contributed by atoms with Crippen LogP contribution in [0.1, 0.15) is 47.5 Å². The quantitative estimate of drug-likeness (QED) is 0.716. The molecule has 0 spiro atoms. The molecule has 13 heavy (non-hydrogen) atoms. The SMILES string of the molecule is CCC(O)(CC)CSC(C)C(C)C. The van der Waals surface area contributed by atoms with Crippen molar-refractivity contribution in [2.45, 2.75) is 58.3 Å². The lowest BCUT2D eigenvalue weighted by molar-refractivity contribution is 0.0570. The largest absolute Gasteiger partial charge is 0.389 e. The minimum Gasteiger partial charge on any atom is -0.389 e. The average Bonchev–Trinajstić information content (AvgIpc) is 2.13. The van der Waals surface area contributed by atoms with E-state index in [0.29, 0.717) is 11.2 Å². The Morgan fingerprint density at radius 2 is 1.62 bits per heavy atom. The first-order chi connectivity index (χ1) is 5.95. The van der Waals surface area contributed by atoms with Crippen LogP contribution in [-0.4, -0.2) is 21.7 Å². The van der Waals surface area contributed by atoms with Crippen LogP contribution in [0, 0.1) is 5.92 Å². The van der Waals surface area contributed by atoms with E-state index in [-0.39, 0.29) is 0 Å². The van der Waals surface area contributed by atoms with Crippen LogP contribution in [0.4, 0.5) is 0 Å². The summed E-state index contributed by atoms with van der Waals surface area (Å²) in [5.74, 6) is 1.57. The summed E-state index contributed by atoms with van der Waals surface area (Å²) in [6.07, 6.45) is 1.72. The molecule has 0 amide bonds. The molecular weight excluding hydrogens is 180 g/mol. The molecule has 80 valence electrons. The Bertz CT molecular complexity index is 130. The molecule has 1 atom stereocenters. The first kappa shape index (κ1) is 13.3. The van der Waals surface area contributed by atoms with Crippen molar-refractivity contribution in [2.24, 2.45) is 5.92 Å². The topological polar surface area (TPSA) is 20.2 Å². The molecule has 0 aromatic carbocycles. The van der Waals surface area contributed by atoms with E-state index < -0.39 is 5.60 Å². The Labute approximate surface area is 87.3 Å². The van der Waals surface area contributed by atoms with Crippen molar-refractivity contribution in [1.29, 1.82) is 0 Å². The van der Waals surface area contributed by atoms with Gasteiger partial charge in [-0.15, -0.1) is 0 Å². The molecule has 0 bridgehead atoms. The molecule has 0 aromatic heterocycles. The van der Waals surface area contributed by atoms with E-state index >= 15 is 0 Å². The van der Waals surface area contributed by atoms with Crippen LogP contribution >= 0.6 is 11.8 Å². The van der Waals surface area contributed by atoms with Gasteiger partial charge in [0.2, 0.25) is 0 Å². The number of aliphatic hydroxyl groups is 1. The summed E-state index contributed by atoms with van der Waals surface area (Å²) >= 11 is 1.89. The summed E-state index contributed by atoms with van der Waals surface area (Å²) in [6.45, 7) is 10.8. The fourth-order valence-corrected chi connectivity index (χ4v) is 2.30. The molecular formula is C11H24OS. The van der Waals surface area contributed by atoms with Crippen molar-refractivity contribution >= 4 is 11.8 Å². The van der Waals surface area contributed by atoms with E-state index in [2.05, 4.69) is 34.6 Å². The summed E-state index contributed by atoms with van der Waals surface area (Å²) in [5, 5.41) is 10.7. The number of hydrogen-bond donors (Lipinski definition) is 1. The lowest BCUT2D eigenvalue weighted by Gasteiger charge is -2.27. The summed E-state index contributed by atoms with van der Waals surface area (Å²) in [4.78, 5) is 0. The van der Waals surface area contributed by atoms with Gasteiger partial charge in [-0.1, -0.05) is 34.6 Å². The first-order valence-electron chi connectivity index (χ1n) is 5.29. The molecule has 1 unspecified atom stereocenters. The van der Waals surface area contributed by atoms with Gasteiger partial charge in [-0.05, 0) is 18.8 Å². The van der Waals surface area contributed by atoms with Crippen LogP contribution in [0.25, 0.3) is 0 Å². The zero-order valence-electron chi connectivity index (χ0n) is 9.63. The molecule has 0 radical (unpaired) electrons. The van der Waals surface area contributed by atoms with Crippen molar-refractivity contribution < 1.29 is 5.11 Å². The van der Waals surface area contributed by atoms with Crippen LogP contribution < -0.4 is 0 Å². The molecule has 0 aliphatic rings. The lowest BCUT2D eigenvalue weighted by atomic mass is 10.0. The van der Waals surface area contributed by atoms with Crippen LogP contribution in [-0.2, 0) is 0 Å². The average molecular weight is 204 g/mol. The highest BCUT2D eigenvalue weighted by atomic mass is 32.2. The normalized spacial score (nSPS) is 15.0. The van der Waals surface area contributed by atoms with Gasteiger partial charge in [-0.2, -0.15) is 11.8 Å². The molecule has 0 aliphatic heterocycles. The van der Waals surface area contributed by atoms with Gasteiger partial charge < -0.3 is 5.11 Å². The maximum Gasteiger partial charge on any atom is 0.0732 e. The summed E-state index contributed by atoms with van der Waals surface area (Å²) < 4.78 is 0. The fourth-order valence-electron chi connectivity index (χ4n) is 0.933. The highest BCUT2D eigenvalue weighted by Gasteiger charge is 2.23. The van der Waals surface area contributed by atoms with E-state index in [4.69, 9.17) is 0 Å². The second-order valence-corrected chi connectivity index (χ2v) is 5.56. The standard InChI is InChI=1S/C11H24OS/c1-6-11(12,7-2)8-13-10(5)9(3)4/h9-10,12H,6-8H2,1-5H3. The smallest absolute Gasteiger partial charge is 0.0732 e. The van der Waals surface area contributed by atoms with Crippen LogP contribution in [0.5, 0.6) is 0 Å². The van der Waals surface area contributed by atoms with E-state index in [1.807, 2.05) is 11.8 Å². The van der Waals surface area contributed by atoms with Crippen molar-refractivity contribution in [3.8, 4) is 0 Å². The Balaban J connectivity index is 3.85. The molecule has 0 saturated heterocycles. The third-order valence-corrected chi connectivity index (χ3v) is 4.64. The zero-order chi connectivity index (χ0) is 10.5. The van der Waals surface area contributed by atoms with Gasteiger partial charge in [0.25, 0.3) is 0 Å². The molecule has 0 aliphatic carbocycles. The Morgan fingerprint density at radius 3 is 1.92 bits per heavy atom. The summed E-state index contributed by atoms with van der Waals surface area (Å²) in [5.41, 5.74) is -0.437. The van der Waals surface area contributed by atoms with Gasteiger partial charge in [0.1, 0.15) is 0 Å². The molecule has 0 fully saturated rings. The van der Waals surface area contributed by atoms with Gasteiger partial charge >= 0.3 is 0 Å². The van der Waals surface area contributed by atoms with Crippen LogP contribution in [0.2, 0.25) is 0 Å². The zero-order valence-corrected chi connectivity index (χ0v) is 10.4. The molecule has 1 N–H and O–H groups in total. The van der Waals surface area contributed by atoms with E-state index in [1.165, 1.54) is 0 Å². The van der Waals surface area contributed by atoms with Gasteiger partial charge in [0.05, 0.1) is 5.60 Å². The lowest BCUT2D eigenvalue weighted by Crippen LogP contribution is -2.31. The molecule has 0 heterocycles. The Kier molecular flexibility index (Phi) is 6.06. The van der Waals surface area contributed by atoms with Crippen LogP contribution in [0.3, 0.4) is 0 Å².